The molecule has 4 rings (SSSR count). The van der Waals surface area contributed by atoms with Crippen molar-refractivity contribution in [2.24, 2.45) is 16.6 Å². The van der Waals surface area contributed by atoms with Crippen molar-refractivity contribution < 1.29 is 143 Å². The number of nitrogens with zero attached hydrogens (tertiary/aromatic N) is 3. The molecule has 0 radical (unpaired) electrons. The van der Waals surface area contributed by atoms with Crippen molar-refractivity contribution in [3.8, 4) is 5.69 Å². The van der Waals surface area contributed by atoms with Crippen LogP contribution in [-0.4, -0.2) is 59.2 Å². The number of nitrogens with two attached hydrogens (primary N) is 2. The van der Waals surface area contributed by atoms with Gasteiger partial charge in [-0.1, -0.05) is 6.08 Å². The molecule has 43 heavy (non-hydrogen) atoms. The van der Waals surface area contributed by atoms with Crippen LogP contribution in [-0.2, 0) is 29.8 Å². The van der Waals surface area contributed by atoms with Gasteiger partial charge in [0, 0.05) is 0 Å². The molecule has 5 N–H and O–H groups in total. The number of hydrazone groups is 1. The summed E-state index contributed by atoms with van der Waals surface area (Å²) in [6, 6.07) is 8.33. The number of rotatable bonds is 8. The van der Waals surface area contributed by atoms with Crippen molar-refractivity contribution >= 4 is 55.4 Å². The van der Waals surface area contributed by atoms with Gasteiger partial charge < -0.3 is 20.6 Å². The fourth-order valence-corrected chi connectivity index (χ4v) is 4.59. The van der Waals surface area contributed by atoms with Crippen molar-refractivity contribution in [1.82, 2.24) is 9.78 Å². The third kappa shape index (κ3) is 8.23. The maximum absolute atomic E-state index is 13.0. The molecular formula is C23H16K2N6O10S2. The van der Waals surface area contributed by atoms with Crippen LogP contribution in [0, 0.1) is 0 Å². The van der Waals surface area contributed by atoms with Gasteiger partial charge in [-0.25, -0.2) is 21.5 Å². The van der Waals surface area contributed by atoms with E-state index in [4.69, 9.17) is 11.5 Å². The van der Waals surface area contributed by atoms with Gasteiger partial charge in [-0.15, -0.1) is 0 Å². The zero-order valence-electron chi connectivity index (χ0n) is 22.2. The Labute approximate surface area is 328 Å². The summed E-state index contributed by atoms with van der Waals surface area (Å²) in [5.41, 5.74) is 8.52. The van der Waals surface area contributed by atoms with E-state index >= 15 is 0 Å². The molecule has 20 heteroatoms. The van der Waals surface area contributed by atoms with Crippen LogP contribution < -0.4 is 125 Å². The van der Waals surface area contributed by atoms with Gasteiger partial charge in [0.25, 0.3) is 23.3 Å². The smallest absolute Gasteiger partial charge is 0.744 e. The number of primary amides is 2. The van der Waals surface area contributed by atoms with Crippen molar-refractivity contribution in [1.29, 1.82) is 0 Å². The molecule has 1 aliphatic heterocycles. The zero-order valence-corrected chi connectivity index (χ0v) is 30.1. The number of nitrogens with one attached hydrogen (secondary N) is 1. The van der Waals surface area contributed by atoms with Crippen molar-refractivity contribution in [3.63, 3.8) is 0 Å². The Balaban J connectivity index is 0.00000323. The molecule has 0 bridgehead atoms. The average molecular weight is 679 g/mol. The van der Waals surface area contributed by atoms with Crippen LogP contribution in [0.25, 0.3) is 11.8 Å². The Morgan fingerprint density at radius 1 is 0.814 bits per heavy atom. The standard InChI is InChI=1S/C23H18N6O10S2.2K/c24-20(30)18-16(22(32)28(26-18)12-4-8-14(9-5-12)40(34,35)36)2-1-3-17-19(21(25)31)27-29(23(17)33)13-6-10-15(11-7-13)41(37,38)39;;/h1-11,26H,(H2,24,30)(H2,25,31)(H,34,35,36)(H,37,38,39);;/q;2*+1/p-2. The molecule has 0 spiro atoms. The Morgan fingerprint density at radius 3 is 1.74 bits per heavy atom. The van der Waals surface area contributed by atoms with Crippen LogP contribution in [0.1, 0.15) is 16.1 Å². The summed E-state index contributed by atoms with van der Waals surface area (Å²) in [7, 11) is -9.49. The minimum atomic E-state index is -4.75. The Bertz CT molecular complexity index is 1980. The average Bonchev–Trinajstić information content (AvgIpc) is 3.40. The van der Waals surface area contributed by atoms with Gasteiger partial charge >= 0.3 is 103 Å². The number of amides is 3. The molecule has 1 aliphatic rings. The molecule has 1 aromatic heterocycles. The summed E-state index contributed by atoms with van der Waals surface area (Å²) in [6.45, 7) is 0. The van der Waals surface area contributed by atoms with Gasteiger partial charge in [-0.2, -0.15) is 10.1 Å². The Kier molecular flexibility index (Phi) is 12.5. The molecule has 3 amide bonds. The first kappa shape index (κ1) is 37.3. The first-order chi connectivity index (χ1) is 19.1. The number of carbonyl (C=O) groups excluding carboxylic acids is 3. The molecular weight excluding hydrogens is 663 g/mol. The quantitative estimate of drug-likeness (QED) is 0.115. The second-order valence-electron chi connectivity index (χ2n) is 8.17. The van der Waals surface area contributed by atoms with Gasteiger partial charge in [0.2, 0.25) is 0 Å². The van der Waals surface area contributed by atoms with E-state index in [0.717, 1.165) is 76.4 Å². The van der Waals surface area contributed by atoms with Crippen LogP contribution in [0.2, 0.25) is 0 Å². The molecule has 2 aromatic carbocycles. The first-order valence-electron chi connectivity index (χ1n) is 11.0. The van der Waals surface area contributed by atoms with Crippen LogP contribution in [0.3, 0.4) is 0 Å². The maximum Gasteiger partial charge on any atom is 1.00 e. The molecule has 0 unspecified atom stereocenters. The first-order valence-corrected chi connectivity index (χ1v) is 13.8. The molecule has 16 nitrogen and oxygen atoms in total. The van der Waals surface area contributed by atoms with Crippen LogP contribution in [0.15, 0.2) is 85.9 Å². The SMILES string of the molecule is NC(=O)C1=NN(c2ccc(S(=O)(=O)[O-])cc2)C(=O)C1=CC=Cc1c(C(N)=O)[nH]n(-c2ccc(S(=O)(=O)[O-])cc2)c1=O.[K+].[K+]. The molecule has 0 saturated heterocycles. The van der Waals surface area contributed by atoms with Gasteiger partial charge in [0.15, 0.2) is 5.71 Å². The van der Waals surface area contributed by atoms with E-state index in [1.54, 1.807) is 0 Å². The summed E-state index contributed by atoms with van der Waals surface area (Å²) in [5, 5.41) is 7.07. The Hall–Kier alpha value is -1.90. The zero-order chi connectivity index (χ0) is 30.3. The third-order valence-corrected chi connectivity index (χ3v) is 7.26. The second-order valence-corrected chi connectivity index (χ2v) is 10.9. The molecule has 212 valence electrons. The van der Waals surface area contributed by atoms with Crippen LogP contribution in [0.5, 0.6) is 0 Å². The summed E-state index contributed by atoms with van der Waals surface area (Å²) in [5.74, 6) is -3.00. The predicted octanol–water partition coefficient (Wildman–Crippen LogP) is -7.09. The topological polar surface area (TPSA) is 271 Å². The number of H-pyrrole nitrogens is 1. The van der Waals surface area contributed by atoms with Crippen molar-refractivity contribution in [2.45, 2.75) is 9.79 Å². The van der Waals surface area contributed by atoms with Crippen LogP contribution >= 0.6 is 0 Å². The Morgan fingerprint density at radius 2 is 1.30 bits per heavy atom. The van der Waals surface area contributed by atoms with Crippen molar-refractivity contribution in [3.05, 3.63) is 87.9 Å². The van der Waals surface area contributed by atoms with Gasteiger partial charge in [-0.05, 0) is 60.7 Å². The van der Waals surface area contributed by atoms with E-state index in [-0.39, 0.29) is 131 Å². The molecule has 0 atom stereocenters. The molecule has 0 aliphatic carbocycles. The molecule has 0 fully saturated rings. The number of hydrogen-bond donors (Lipinski definition) is 3. The number of aromatic amines is 1. The van der Waals surface area contributed by atoms with E-state index in [1.165, 1.54) is 0 Å². The van der Waals surface area contributed by atoms with Crippen molar-refractivity contribution in [2.75, 3.05) is 5.01 Å². The van der Waals surface area contributed by atoms with E-state index in [2.05, 4.69) is 10.2 Å². The minimum absolute atomic E-state index is 0. The molecule has 2 heterocycles. The number of carbonyl (C=O) groups is 3. The third-order valence-electron chi connectivity index (χ3n) is 5.56. The minimum Gasteiger partial charge on any atom is -0.744 e. The number of aromatic nitrogens is 2. The largest absolute Gasteiger partial charge is 1.00 e. The summed E-state index contributed by atoms with van der Waals surface area (Å²) < 4.78 is 67.8. The maximum atomic E-state index is 13.0. The fraction of sp³-hybridized carbons (Fsp3) is 0. The predicted molar refractivity (Wildman–Crippen MR) is 139 cm³/mol. The van der Waals surface area contributed by atoms with Crippen LogP contribution in [0.4, 0.5) is 5.69 Å². The number of allylic oxidation sites excluding steroid dienone is 2. The van der Waals surface area contributed by atoms with Gasteiger partial charge in [0.05, 0.1) is 32.3 Å². The van der Waals surface area contributed by atoms with Gasteiger partial charge in [-0.3, -0.25) is 24.3 Å². The summed E-state index contributed by atoms with van der Waals surface area (Å²) >= 11 is 0. The number of benzene rings is 2. The second kappa shape index (κ2) is 14.5. The van der Waals surface area contributed by atoms with Gasteiger partial charge in [0.1, 0.15) is 25.9 Å². The monoisotopic (exact) mass is 678 g/mol. The molecule has 0 saturated carbocycles. The fourth-order valence-electron chi connectivity index (χ4n) is 3.65. The summed E-state index contributed by atoms with van der Waals surface area (Å²) in [6.07, 6.45) is 3.32. The number of hydrogen-bond acceptors (Lipinski definition) is 11. The van der Waals surface area contributed by atoms with E-state index in [1.807, 2.05) is 0 Å². The molecule has 3 aromatic rings. The normalized spacial score (nSPS) is 14.4. The van der Waals surface area contributed by atoms with E-state index in [9.17, 15) is 45.1 Å². The van der Waals surface area contributed by atoms with E-state index in [0.29, 0.717) is 0 Å². The number of anilines is 1. The van der Waals surface area contributed by atoms with E-state index < -0.39 is 59.0 Å². The summed E-state index contributed by atoms with van der Waals surface area (Å²) in [4.78, 5) is 48.8.